The number of hydrogen-bond donors (Lipinski definition) is 2. The monoisotopic (exact) mass is 503 g/mol. The van der Waals surface area contributed by atoms with E-state index < -0.39 is 28.0 Å². The molecule has 1 fully saturated rings. The van der Waals surface area contributed by atoms with Gasteiger partial charge in [0.15, 0.2) is 0 Å². The average Bonchev–Trinajstić information content (AvgIpc) is 3.46. The second-order valence-electron chi connectivity index (χ2n) is 8.41. The molecule has 0 saturated carbocycles. The number of carbonyl (C=O) groups is 2. The normalized spacial score (nSPS) is 17.3. The molecule has 2 heterocycles. The summed E-state index contributed by atoms with van der Waals surface area (Å²) in [5.74, 6) is -0.608. The third-order valence-corrected chi connectivity index (χ3v) is 7.80. The Morgan fingerprint density at radius 2 is 2.03 bits per heavy atom. The van der Waals surface area contributed by atoms with Crippen LogP contribution in [0, 0.1) is 0 Å². The van der Waals surface area contributed by atoms with Gasteiger partial charge in [0, 0.05) is 43.5 Å². The van der Waals surface area contributed by atoms with E-state index >= 15 is 0 Å². The Morgan fingerprint density at radius 1 is 1.29 bits per heavy atom. The standard InChI is InChI=1S/C23H26ClN5O4S/c1-15(22(30)28(2)9-7-19-13-25-14-26-19)29-10-8-21(23(29)31)27-34(32,33)20-6-4-16-11-18(24)5-3-17(16)12-20/h3-6,11-15,21,27H,7-10H2,1-2H3,(H,25,26)/t15-,21-/m0/s1. The van der Waals surface area contributed by atoms with Crippen LogP contribution in [0.2, 0.25) is 5.02 Å². The lowest BCUT2D eigenvalue weighted by Gasteiger charge is -2.28. The molecular formula is C23H26ClN5O4S. The van der Waals surface area contributed by atoms with Crippen LogP contribution in [0.25, 0.3) is 10.8 Å². The van der Waals surface area contributed by atoms with Gasteiger partial charge in [-0.3, -0.25) is 9.59 Å². The first-order chi connectivity index (χ1) is 16.2. The SMILES string of the molecule is C[C@@H](C(=O)N(C)CCc1cnc[nH]1)N1CC[C@H](NS(=O)(=O)c2ccc3cc(Cl)ccc3c2)C1=O. The molecule has 9 nitrogen and oxygen atoms in total. The van der Waals surface area contributed by atoms with Gasteiger partial charge in [0.05, 0.1) is 11.2 Å². The minimum atomic E-state index is -3.93. The Kier molecular flexibility index (Phi) is 6.92. The quantitative estimate of drug-likeness (QED) is 0.489. The van der Waals surface area contributed by atoms with Crippen LogP contribution in [0.4, 0.5) is 0 Å². The summed E-state index contributed by atoms with van der Waals surface area (Å²) < 4.78 is 28.5. The van der Waals surface area contributed by atoms with Crippen LogP contribution in [0.15, 0.2) is 53.8 Å². The molecule has 2 N–H and O–H groups in total. The Bertz CT molecular complexity index is 1310. The van der Waals surface area contributed by atoms with E-state index in [-0.39, 0.29) is 17.2 Å². The number of benzene rings is 2. The Balaban J connectivity index is 1.40. The summed E-state index contributed by atoms with van der Waals surface area (Å²) in [7, 11) is -2.25. The summed E-state index contributed by atoms with van der Waals surface area (Å²) in [4.78, 5) is 35.8. The minimum absolute atomic E-state index is 0.0660. The van der Waals surface area contributed by atoms with Gasteiger partial charge in [0.2, 0.25) is 21.8 Å². The van der Waals surface area contributed by atoms with Gasteiger partial charge < -0.3 is 14.8 Å². The first kappa shape index (κ1) is 24.2. The van der Waals surface area contributed by atoms with Crippen LogP contribution >= 0.6 is 11.6 Å². The van der Waals surface area contributed by atoms with E-state index in [4.69, 9.17) is 11.6 Å². The number of likely N-dealkylation sites (N-methyl/N-ethyl adjacent to an activating group) is 1. The second-order valence-corrected chi connectivity index (χ2v) is 10.6. The van der Waals surface area contributed by atoms with Gasteiger partial charge in [0.1, 0.15) is 12.1 Å². The molecule has 1 aliphatic rings. The van der Waals surface area contributed by atoms with Crippen LogP contribution in [-0.2, 0) is 26.0 Å². The maximum absolute atomic E-state index is 13.0. The highest BCUT2D eigenvalue weighted by Gasteiger charge is 2.39. The van der Waals surface area contributed by atoms with Crippen molar-refractivity contribution in [3.63, 3.8) is 0 Å². The predicted molar refractivity (Wildman–Crippen MR) is 129 cm³/mol. The van der Waals surface area contributed by atoms with Crippen LogP contribution in [0.5, 0.6) is 0 Å². The largest absolute Gasteiger partial charge is 0.348 e. The number of carbonyl (C=O) groups excluding carboxylic acids is 2. The molecule has 2 atom stereocenters. The highest BCUT2D eigenvalue weighted by molar-refractivity contribution is 7.89. The number of amides is 2. The average molecular weight is 504 g/mol. The van der Waals surface area contributed by atoms with E-state index in [2.05, 4.69) is 14.7 Å². The van der Waals surface area contributed by atoms with Gasteiger partial charge in [-0.25, -0.2) is 13.4 Å². The number of nitrogens with one attached hydrogen (secondary N) is 2. The lowest BCUT2D eigenvalue weighted by Crippen LogP contribution is -2.49. The van der Waals surface area contributed by atoms with Crippen molar-refractivity contribution >= 4 is 44.2 Å². The Labute approximate surface area is 203 Å². The first-order valence-corrected chi connectivity index (χ1v) is 12.8. The fourth-order valence-corrected chi connectivity index (χ4v) is 5.52. The molecule has 0 radical (unpaired) electrons. The van der Waals surface area contributed by atoms with Gasteiger partial charge in [-0.05, 0) is 48.4 Å². The summed E-state index contributed by atoms with van der Waals surface area (Å²) in [6, 6.07) is 8.29. The summed E-state index contributed by atoms with van der Waals surface area (Å²) in [5, 5.41) is 2.11. The number of likely N-dealkylation sites (tertiary alicyclic amines) is 1. The number of aromatic nitrogens is 2. The predicted octanol–water partition coefficient (Wildman–Crippen LogP) is 2.19. The van der Waals surface area contributed by atoms with Gasteiger partial charge in [-0.15, -0.1) is 0 Å². The molecule has 0 spiro atoms. The maximum Gasteiger partial charge on any atom is 0.244 e. The summed E-state index contributed by atoms with van der Waals surface area (Å²) in [5.41, 5.74) is 0.913. The number of halogens is 1. The molecule has 1 aliphatic heterocycles. The van der Waals surface area contributed by atoms with Crippen molar-refractivity contribution in [2.24, 2.45) is 0 Å². The van der Waals surface area contributed by atoms with Crippen molar-refractivity contribution in [2.75, 3.05) is 20.1 Å². The molecule has 34 heavy (non-hydrogen) atoms. The number of fused-ring (bicyclic) bond motifs is 1. The van der Waals surface area contributed by atoms with Crippen molar-refractivity contribution in [3.05, 3.63) is 59.6 Å². The molecule has 0 unspecified atom stereocenters. The zero-order valence-corrected chi connectivity index (χ0v) is 20.4. The molecule has 0 bridgehead atoms. The van der Waals surface area contributed by atoms with Crippen LogP contribution in [-0.4, -0.2) is 72.2 Å². The van der Waals surface area contributed by atoms with Gasteiger partial charge in [-0.1, -0.05) is 23.7 Å². The second kappa shape index (κ2) is 9.73. The zero-order chi connectivity index (χ0) is 24.5. The van der Waals surface area contributed by atoms with Gasteiger partial charge >= 0.3 is 0 Å². The Hall–Kier alpha value is -2.95. The zero-order valence-electron chi connectivity index (χ0n) is 18.9. The number of imidazole rings is 1. The Morgan fingerprint density at radius 3 is 2.76 bits per heavy atom. The smallest absolute Gasteiger partial charge is 0.244 e. The van der Waals surface area contributed by atoms with Crippen LogP contribution in [0.1, 0.15) is 19.0 Å². The molecule has 3 aromatic rings. The van der Waals surface area contributed by atoms with E-state index in [9.17, 15) is 18.0 Å². The number of rotatable bonds is 8. The molecule has 2 amide bonds. The molecule has 4 rings (SSSR count). The van der Waals surface area contributed by atoms with Crippen molar-refractivity contribution in [2.45, 2.75) is 36.7 Å². The molecular weight excluding hydrogens is 478 g/mol. The lowest BCUT2D eigenvalue weighted by atomic mass is 10.1. The molecule has 11 heteroatoms. The van der Waals surface area contributed by atoms with Crippen LogP contribution in [0.3, 0.4) is 0 Å². The summed E-state index contributed by atoms with van der Waals surface area (Å²) in [6.07, 6.45) is 4.19. The minimum Gasteiger partial charge on any atom is -0.348 e. The van der Waals surface area contributed by atoms with E-state index in [1.54, 1.807) is 61.7 Å². The van der Waals surface area contributed by atoms with E-state index in [1.165, 1.54) is 11.0 Å². The fourth-order valence-electron chi connectivity index (χ4n) is 4.09. The third-order valence-electron chi connectivity index (χ3n) is 6.09. The van der Waals surface area contributed by atoms with Crippen molar-refractivity contribution < 1.29 is 18.0 Å². The molecule has 180 valence electrons. The fraction of sp³-hybridized carbons (Fsp3) is 0.348. The van der Waals surface area contributed by atoms with E-state index in [0.717, 1.165) is 16.5 Å². The van der Waals surface area contributed by atoms with E-state index in [1.807, 2.05) is 0 Å². The molecule has 2 aromatic carbocycles. The van der Waals surface area contributed by atoms with Crippen molar-refractivity contribution in [1.29, 1.82) is 0 Å². The third kappa shape index (κ3) is 5.08. The number of hydrogen-bond acceptors (Lipinski definition) is 5. The van der Waals surface area contributed by atoms with E-state index in [0.29, 0.717) is 24.5 Å². The number of nitrogens with zero attached hydrogens (tertiary/aromatic N) is 3. The highest BCUT2D eigenvalue weighted by atomic mass is 35.5. The van der Waals surface area contributed by atoms with Crippen molar-refractivity contribution in [1.82, 2.24) is 24.5 Å². The number of sulfonamides is 1. The molecule has 1 aromatic heterocycles. The van der Waals surface area contributed by atoms with Crippen molar-refractivity contribution in [3.8, 4) is 0 Å². The molecule has 1 saturated heterocycles. The summed E-state index contributed by atoms with van der Waals surface area (Å²) in [6.45, 7) is 2.43. The maximum atomic E-state index is 13.0. The molecule has 0 aliphatic carbocycles. The lowest BCUT2D eigenvalue weighted by molar-refractivity contribution is -0.142. The highest BCUT2D eigenvalue weighted by Crippen LogP contribution is 2.24. The van der Waals surface area contributed by atoms with Crippen LogP contribution < -0.4 is 4.72 Å². The first-order valence-electron chi connectivity index (χ1n) is 10.9. The van der Waals surface area contributed by atoms with Gasteiger partial charge in [0.25, 0.3) is 0 Å². The van der Waals surface area contributed by atoms with Gasteiger partial charge in [-0.2, -0.15) is 4.72 Å². The topological polar surface area (TPSA) is 115 Å². The number of aromatic amines is 1. The summed E-state index contributed by atoms with van der Waals surface area (Å²) >= 11 is 6.00. The number of H-pyrrole nitrogens is 1.